The summed E-state index contributed by atoms with van der Waals surface area (Å²) in [7, 11) is 0. The van der Waals surface area contributed by atoms with Crippen molar-refractivity contribution in [2.45, 2.75) is 165 Å². The molecule has 1 saturated heterocycles. The van der Waals surface area contributed by atoms with Gasteiger partial charge in [-0.3, -0.25) is 28.8 Å². The molecule has 0 bridgehead atoms. The minimum atomic E-state index is -1.37. The Bertz CT molecular complexity index is 1410. The Morgan fingerprint density at radius 3 is 1.55 bits per heavy atom. The van der Waals surface area contributed by atoms with Crippen LogP contribution in [0.4, 0.5) is 0 Å². The van der Waals surface area contributed by atoms with Crippen molar-refractivity contribution < 1.29 is 67.8 Å². The Labute approximate surface area is 426 Å². The van der Waals surface area contributed by atoms with Gasteiger partial charge in [0.25, 0.3) is 0 Å². The average Bonchev–Trinajstić information content (AvgIpc) is 3.34. The van der Waals surface area contributed by atoms with Crippen LogP contribution in [0.2, 0.25) is 0 Å². The van der Waals surface area contributed by atoms with E-state index in [1.54, 1.807) is 0 Å². The van der Waals surface area contributed by atoms with Crippen molar-refractivity contribution in [3.8, 4) is 0 Å². The molecule has 0 radical (unpaired) electrons. The number of nitrogens with two attached hydrogens (primary N) is 2. The molecule has 22 nitrogen and oxygen atoms in total. The van der Waals surface area contributed by atoms with Gasteiger partial charge in [-0.25, -0.2) is 0 Å². The van der Waals surface area contributed by atoms with Crippen molar-refractivity contribution in [1.82, 2.24) is 31.9 Å². The first-order valence-corrected chi connectivity index (χ1v) is 27.1. The molecule has 0 spiro atoms. The van der Waals surface area contributed by atoms with Gasteiger partial charge < -0.3 is 82.4 Å². The molecule has 1 aliphatic rings. The molecule has 5 atom stereocenters. The number of rotatable bonds is 46. The second-order valence-corrected chi connectivity index (χ2v) is 18.8. The van der Waals surface area contributed by atoms with Crippen LogP contribution < -0.4 is 43.4 Å². The van der Waals surface area contributed by atoms with Gasteiger partial charge in [0.05, 0.1) is 46.2 Å². The standard InChI is InChI=1S/C48H92N8O14S/c1-37(58)55-44-46(65)45(64)38(33-57)70-47(44)69-29-13-9-12-24-51-25-16-28-54-41(61)21-32-68-36-48(34-66-30-19-39(59)52-26-14-22-49,35-67-31-20-40(60)53-27-15-23-50)56-42(62)17-10-7-5-3-4-6-8-11-18-43(63)71-2/h38,44-47,51,57,64-65H,3-36,49-50H2,1-2H3,(H,52,59)(H,53,60)(H,54,61)(H,55,58)(H,56,62)/t38?,44?,45-,46?,47-/m1/s1. The van der Waals surface area contributed by atoms with Crippen LogP contribution in [-0.4, -0.2) is 191 Å². The van der Waals surface area contributed by atoms with Crippen LogP contribution in [0.3, 0.4) is 0 Å². The highest BCUT2D eigenvalue weighted by atomic mass is 32.2. The summed E-state index contributed by atoms with van der Waals surface area (Å²) < 4.78 is 29.3. The van der Waals surface area contributed by atoms with Gasteiger partial charge in [0.2, 0.25) is 29.5 Å². The number of amides is 5. The molecular formula is C48H92N8O14S. The number of thioether (sulfide) groups is 1. The fraction of sp³-hybridized carbons (Fsp3) is 0.875. The second kappa shape index (κ2) is 43.3. The molecule has 71 heavy (non-hydrogen) atoms. The number of hydrogen-bond donors (Lipinski definition) is 11. The monoisotopic (exact) mass is 1040 g/mol. The summed E-state index contributed by atoms with van der Waals surface area (Å²) in [6, 6.07) is -0.976. The SMILES string of the molecule is CSC(=O)CCCCCCCCCCC(=O)NC(COCCC(=O)NCCCN)(COCCC(=O)NCCCN)COCCC(=O)NCCCNCCCCCO[C@@H]1OC(CO)[C@@H](O)C(O)C1NC(C)=O. The van der Waals surface area contributed by atoms with Crippen LogP contribution in [0.15, 0.2) is 0 Å². The maximum Gasteiger partial charge on any atom is 0.222 e. The van der Waals surface area contributed by atoms with Crippen molar-refractivity contribution in [2.24, 2.45) is 11.5 Å². The molecule has 0 saturated carbocycles. The van der Waals surface area contributed by atoms with E-state index in [0.29, 0.717) is 77.8 Å². The number of nitrogens with one attached hydrogen (secondary N) is 6. The van der Waals surface area contributed by atoms with E-state index >= 15 is 0 Å². The highest BCUT2D eigenvalue weighted by molar-refractivity contribution is 8.13. The van der Waals surface area contributed by atoms with E-state index in [4.69, 9.17) is 35.2 Å². The summed E-state index contributed by atoms with van der Waals surface area (Å²) in [5.41, 5.74) is 9.89. The Hall–Kier alpha value is -3.07. The molecule has 1 fully saturated rings. The van der Waals surface area contributed by atoms with Gasteiger partial charge in [0.1, 0.15) is 29.9 Å². The quantitative estimate of drug-likeness (QED) is 0.0358. The maximum atomic E-state index is 13.5. The fourth-order valence-corrected chi connectivity index (χ4v) is 7.79. The van der Waals surface area contributed by atoms with Crippen LogP contribution in [-0.2, 0) is 52.5 Å². The van der Waals surface area contributed by atoms with Gasteiger partial charge in [0, 0.05) is 65.3 Å². The van der Waals surface area contributed by atoms with Crippen LogP contribution >= 0.6 is 11.8 Å². The van der Waals surface area contributed by atoms with E-state index in [9.17, 15) is 44.1 Å². The van der Waals surface area contributed by atoms with Gasteiger partial charge in [-0.1, -0.05) is 50.3 Å². The van der Waals surface area contributed by atoms with Crippen molar-refractivity contribution in [3.63, 3.8) is 0 Å². The van der Waals surface area contributed by atoms with E-state index in [-0.39, 0.29) is 101 Å². The van der Waals surface area contributed by atoms with Crippen LogP contribution in [0.5, 0.6) is 0 Å². The first-order chi connectivity index (χ1) is 34.3. The number of carbonyl (C=O) groups is 6. The van der Waals surface area contributed by atoms with Crippen LogP contribution in [0.1, 0.15) is 129 Å². The molecule has 0 aromatic carbocycles. The predicted molar refractivity (Wildman–Crippen MR) is 271 cm³/mol. The number of unbranched alkanes of at least 4 members (excludes halogenated alkanes) is 9. The lowest BCUT2D eigenvalue weighted by atomic mass is 9.97. The number of carbonyl (C=O) groups excluding carboxylic acids is 6. The minimum absolute atomic E-state index is 0.0502. The molecule has 23 heteroatoms. The molecule has 1 aliphatic heterocycles. The molecule has 5 amide bonds. The summed E-state index contributed by atoms with van der Waals surface area (Å²) in [5.74, 6) is -1.22. The van der Waals surface area contributed by atoms with Gasteiger partial charge in [-0.15, -0.1) is 0 Å². The molecule has 1 heterocycles. The molecule has 0 aromatic rings. The van der Waals surface area contributed by atoms with Gasteiger partial charge in [0.15, 0.2) is 11.4 Å². The van der Waals surface area contributed by atoms with E-state index in [1.807, 2.05) is 6.26 Å². The van der Waals surface area contributed by atoms with E-state index in [0.717, 1.165) is 64.3 Å². The van der Waals surface area contributed by atoms with Gasteiger partial charge >= 0.3 is 0 Å². The fourth-order valence-electron chi connectivity index (χ4n) is 7.44. The predicted octanol–water partition coefficient (Wildman–Crippen LogP) is 0.00860. The largest absolute Gasteiger partial charge is 0.394 e. The Kier molecular flexibility index (Phi) is 40.3. The lowest BCUT2D eigenvalue weighted by Gasteiger charge is -2.42. The lowest BCUT2D eigenvalue weighted by Crippen LogP contribution is -2.64. The van der Waals surface area contributed by atoms with Crippen molar-refractivity contribution >= 4 is 46.4 Å². The zero-order valence-corrected chi connectivity index (χ0v) is 43.6. The highest BCUT2D eigenvalue weighted by Gasteiger charge is 2.45. The zero-order chi connectivity index (χ0) is 52.4. The summed E-state index contributed by atoms with van der Waals surface area (Å²) in [6.07, 6.45) is 10.2. The van der Waals surface area contributed by atoms with Crippen molar-refractivity contribution in [2.75, 3.05) is 105 Å². The number of ether oxygens (including phenoxy) is 5. The van der Waals surface area contributed by atoms with Gasteiger partial charge in [-0.05, 0) is 83.8 Å². The van der Waals surface area contributed by atoms with E-state index in [1.165, 1.54) is 18.7 Å². The number of hydrogen-bond acceptors (Lipinski definition) is 18. The summed E-state index contributed by atoms with van der Waals surface area (Å²) in [4.78, 5) is 74.1. The van der Waals surface area contributed by atoms with Crippen molar-refractivity contribution in [1.29, 1.82) is 0 Å². The molecule has 0 aromatic heterocycles. The molecule has 1 rings (SSSR count). The molecule has 3 unspecified atom stereocenters. The summed E-state index contributed by atoms with van der Waals surface area (Å²) >= 11 is 1.28. The third-order valence-electron chi connectivity index (χ3n) is 11.5. The minimum Gasteiger partial charge on any atom is -0.394 e. The maximum absolute atomic E-state index is 13.5. The van der Waals surface area contributed by atoms with Gasteiger partial charge in [-0.2, -0.15) is 0 Å². The summed E-state index contributed by atoms with van der Waals surface area (Å²) in [6.45, 7) is 4.80. The average molecular weight is 1040 g/mol. The molecule has 0 aliphatic carbocycles. The zero-order valence-electron chi connectivity index (χ0n) is 42.8. The third-order valence-corrected chi connectivity index (χ3v) is 12.2. The highest BCUT2D eigenvalue weighted by Crippen LogP contribution is 2.23. The normalized spacial score (nSPS) is 17.9. The number of aliphatic hydroxyl groups excluding tert-OH is 3. The summed E-state index contributed by atoms with van der Waals surface area (Å²) in [5, 5.41) is 47.8. The third kappa shape index (κ3) is 34.1. The topological polar surface area (TPSA) is 333 Å². The Balaban J connectivity index is 2.64. The lowest BCUT2D eigenvalue weighted by molar-refractivity contribution is -0.270. The molecular weight excluding hydrogens is 945 g/mol. The molecule has 13 N–H and O–H groups in total. The second-order valence-electron chi connectivity index (χ2n) is 17.9. The molecule has 414 valence electrons. The first kappa shape index (κ1) is 65.9. The van der Waals surface area contributed by atoms with E-state index in [2.05, 4.69) is 31.9 Å². The Morgan fingerprint density at radius 2 is 1.06 bits per heavy atom. The van der Waals surface area contributed by atoms with Crippen LogP contribution in [0.25, 0.3) is 0 Å². The van der Waals surface area contributed by atoms with Crippen LogP contribution in [0, 0.1) is 0 Å². The Morgan fingerprint density at radius 1 is 0.577 bits per heavy atom. The van der Waals surface area contributed by atoms with E-state index < -0.39 is 48.7 Å². The smallest absolute Gasteiger partial charge is 0.222 e. The number of aliphatic hydroxyl groups is 3. The first-order valence-electron chi connectivity index (χ1n) is 25.8. The van der Waals surface area contributed by atoms with Crippen molar-refractivity contribution in [3.05, 3.63) is 0 Å².